The van der Waals surface area contributed by atoms with Crippen LogP contribution in [0.1, 0.15) is 29.0 Å². The van der Waals surface area contributed by atoms with Crippen molar-refractivity contribution in [2.75, 3.05) is 5.32 Å². The number of nitriles is 1. The quantitative estimate of drug-likeness (QED) is 0.514. The lowest BCUT2D eigenvalue weighted by Gasteiger charge is -2.23. The van der Waals surface area contributed by atoms with Crippen LogP contribution in [0.15, 0.2) is 36.5 Å². The van der Waals surface area contributed by atoms with Crippen molar-refractivity contribution in [1.29, 1.82) is 5.26 Å². The van der Waals surface area contributed by atoms with Gasteiger partial charge in [0.25, 0.3) is 0 Å². The Bertz CT molecular complexity index is 1030. The number of benzene rings is 1. The number of halogens is 7. The first-order valence-electron chi connectivity index (χ1n) is 8.76. The Morgan fingerprint density at radius 1 is 1.19 bits per heavy atom. The zero-order valence-electron chi connectivity index (χ0n) is 15.4. The minimum absolute atomic E-state index is 0.0560. The Hall–Kier alpha value is -2.84. The summed E-state index contributed by atoms with van der Waals surface area (Å²) < 4.78 is 80.5. The average Bonchev–Trinajstić information content (AvgIpc) is 3.13. The van der Waals surface area contributed by atoms with Gasteiger partial charge in [0.2, 0.25) is 5.91 Å². The molecule has 3 atom stereocenters. The fraction of sp³-hybridized carbons (Fsp3) is 0.316. The molecule has 1 saturated heterocycles. The van der Waals surface area contributed by atoms with E-state index in [1.54, 1.807) is 0 Å². The van der Waals surface area contributed by atoms with Gasteiger partial charge in [0.05, 0.1) is 23.2 Å². The van der Waals surface area contributed by atoms with E-state index in [2.05, 4.69) is 15.6 Å². The minimum atomic E-state index is -4.92. The maximum absolute atomic E-state index is 13.6. The topological polar surface area (TPSA) is 77.8 Å². The number of amides is 1. The van der Waals surface area contributed by atoms with Crippen LogP contribution < -0.4 is 10.6 Å². The predicted octanol–water partition coefficient (Wildman–Crippen LogP) is 4.64. The Kier molecular flexibility index (Phi) is 6.16. The third-order valence-electron chi connectivity index (χ3n) is 4.83. The fourth-order valence-electron chi connectivity index (χ4n) is 3.46. The summed E-state index contributed by atoms with van der Waals surface area (Å²) in [6.45, 7) is 0. The first kappa shape index (κ1) is 22.8. The van der Waals surface area contributed by atoms with Crippen molar-refractivity contribution < 1.29 is 31.1 Å². The van der Waals surface area contributed by atoms with Gasteiger partial charge in [-0.1, -0.05) is 17.7 Å². The van der Waals surface area contributed by atoms with E-state index in [0.29, 0.717) is 6.07 Å². The van der Waals surface area contributed by atoms with Crippen molar-refractivity contribution in [1.82, 2.24) is 10.3 Å². The number of nitrogens with one attached hydrogen (secondary N) is 2. The number of carbonyl (C=O) groups excluding carboxylic acids is 1. The molecule has 1 aliphatic rings. The predicted molar refractivity (Wildman–Crippen MR) is 98.2 cm³/mol. The fourth-order valence-corrected chi connectivity index (χ4v) is 3.63. The van der Waals surface area contributed by atoms with Crippen LogP contribution in [-0.2, 0) is 11.0 Å². The first-order chi connectivity index (χ1) is 14.4. The molecule has 2 aromatic rings. The maximum atomic E-state index is 13.6. The lowest BCUT2D eigenvalue weighted by atomic mass is 9.88. The molecule has 0 aliphatic carbocycles. The van der Waals surface area contributed by atoms with Gasteiger partial charge in [-0.3, -0.25) is 10.1 Å². The van der Waals surface area contributed by atoms with Gasteiger partial charge >= 0.3 is 12.4 Å². The number of anilines is 1. The van der Waals surface area contributed by atoms with Crippen molar-refractivity contribution in [2.24, 2.45) is 0 Å². The molecule has 1 unspecified atom stereocenters. The molecule has 0 bridgehead atoms. The second-order valence-electron chi connectivity index (χ2n) is 6.85. The lowest BCUT2D eigenvalue weighted by molar-refractivity contribution is -0.156. The maximum Gasteiger partial charge on any atom is 0.417 e. The second-order valence-corrected chi connectivity index (χ2v) is 7.24. The molecule has 0 radical (unpaired) electrons. The highest BCUT2D eigenvalue weighted by Crippen LogP contribution is 2.42. The number of rotatable bonds is 3. The number of hydrogen-bond acceptors (Lipinski definition) is 4. The minimum Gasteiger partial charge on any atom is -0.325 e. The van der Waals surface area contributed by atoms with Gasteiger partial charge in [-0.05, 0) is 36.2 Å². The largest absolute Gasteiger partial charge is 0.417 e. The van der Waals surface area contributed by atoms with E-state index in [1.165, 1.54) is 24.4 Å². The number of alkyl halides is 6. The molecular formula is C19H13ClF6N4O. The van der Waals surface area contributed by atoms with Crippen LogP contribution in [0.25, 0.3) is 0 Å². The molecule has 5 nitrogen and oxygen atoms in total. The highest BCUT2D eigenvalue weighted by molar-refractivity contribution is 6.29. The Labute approximate surface area is 177 Å². The molecule has 0 saturated carbocycles. The van der Waals surface area contributed by atoms with Gasteiger partial charge in [-0.2, -0.15) is 31.6 Å². The highest BCUT2D eigenvalue weighted by atomic mass is 35.5. The summed E-state index contributed by atoms with van der Waals surface area (Å²) in [5, 5.41) is 13.5. The van der Waals surface area contributed by atoms with Crippen LogP contribution in [0, 0.1) is 11.3 Å². The molecule has 1 aliphatic heterocycles. The summed E-state index contributed by atoms with van der Waals surface area (Å²) >= 11 is 5.71. The molecule has 2 N–H and O–H groups in total. The van der Waals surface area contributed by atoms with Crippen LogP contribution in [0.5, 0.6) is 0 Å². The summed E-state index contributed by atoms with van der Waals surface area (Å²) in [5.74, 6) is -2.27. The normalized spacial score (nSPS) is 21.5. The summed E-state index contributed by atoms with van der Waals surface area (Å²) in [4.78, 5) is 16.2. The van der Waals surface area contributed by atoms with E-state index >= 15 is 0 Å². The zero-order chi connectivity index (χ0) is 23.0. The van der Waals surface area contributed by atoms with Crippen LogP contribution in [0.3, 0.4) is 0 Å². The molecule has 31 heavy (non-hydrogen) atoms. The van der Waals surface area contributed by atoms with E-state index in [-0.39, 0.29) is 16.4 Å². The molecule has 0 spiro atoms. The van der Waals surface area contributed by atoms with Crippen molar-refractivity contribution in [3.63, 3.8) is 0 Å². The number of carbonyl (C=O) groups is 1. The summed E-state index contributed by atoms with van der Waals surface area (Å²) in [6.07, 6.45) is -8.86. The van der Waals surface area contributed by atoms with Gasteiger partial charge in [-0.15, -0.1) is 0 Å². The molecule has 3 rings (SSSR count). The SMILES string of the molecule is N#Cc1ccc(C2C[C@@H](C(=O)Nc3ccnc(Cl)c3)N[C@H]2C(F)(F)F)cc1C(F)(F)F. The Balaban J connectivity index is 1.91. The van der Waals surface area contributed by atoms with E-state index in [1.807, 2.05) is 0 Å². The van der Waals surface area contributed by atoms with Crippen molar-refractivity contribution in [2.45, 2.75) is 36.8 Å². The van der Waals surface area contributed by atoms with E-state index < -0.39 is 53.8 Å². The molecular weight excluding hydrogens is 450 g/mol. The highest BCUT2D eigenvalue weighted by Gasteiger charge is 2.52. The third-order valence-corrected chi connectivity index (χ3v) is 5.04. The smallest absolute Gasteiger partial charge is 0.325 e. The lowest BCUT2D eigenvalue weighted by Crippen LogP contribution is -2.46. The van der Waals surface area contributed by atoms with E-state index in [0.717, 1.165) is 12.1 Å². The van der Waals surface area contributed by atoms with Crippen LogP contribution in [-0.4, -0.2) is 29.2 Å². The molecule has 1 amide bonds. The van der Waals surface area contributed by atoms with E-state index in [4.69, 9.17) is 16.9 Å². The molecule has 164 valence electrons. The van der Waals surface area contributed by atoms with Gasteiger partial charge in [0.15, 0.2) is 0 Å². The summed E-state index contributed by atoms with van der Waals surface area (Å²) in [6, 6.07) is 2.89. The van der Waals surface area contributed by atoms with Gasteiger partial charge < -0.3 is 5.32 Å². The third kappa shape index (κ3) is 5.08. The number of aromatic nitrogens is 1. The zero-order valence-corrected chi connectivity index (χ0v) is 16.1. The summed E-state index contributed by atoms with van der Waals surface area (Å²) in [5.41, 5.74) is -2.10. The van der Waals surface area contributed by atoms with Crippen molar-refractivity contribution in [3.8, 4) is 6.07 Å². The van der Waals surface area contributed by atoms with Gasteiger partial charge in [-0.25, -0.2) is 4.98 Å². The number of hydrogen-bond donors (Lipinski definition) is 2. The van der Waals surface area contributed by atoms with Gasteiger partial charge in [0.1, 0.15) is 11.2 Å². The Morgan fingerprint density at radius 3 is 2.48 bits per heavy atom. The van der Waals surface area contributed by atoms with Crippen molar-refractivity contribution in [3.05, 3.63) is 58.4 Å². The molecule has 1 fully saturated rings. The molecule has 1 aromatic heterocycles. The molecule has 2 heterocycles. The first-order valence-corrected chi connectivity index (χ1v) is 9.14. The standard InChI is InChI=1S/C19H13ClF6N4O/c20-15-6-11(3-4-28-15)29-17(31)14-7-12(16(30-14)19(24,25)26)9-1-2-10(8-27)13(5-9)18(21,22)23/h1-6,12,14,16,30H,7H2,(H,28,29,31)/t12?,14-,16+/m0/s1. The van der Waals surface area contributed by atoms with Gasteiger partial charge in [0, 0.05) is 17.8 Å². The molecule has 1 aromatic carbocycles. The monoisotopic (exact) mass is 462 g/mol. The molecule has 12 heteroatoms. The van der Waals surface area contributed by atoms with Crippen LogP contribution in [0.4, 0.5) is 32.0 Å². The van der Waals surface area contributed by atoms with E-state index in [9.17, 15) is 31.1 Å². The second kappa shape index (κ2) is 8.36. The number of pyridine rings is 1. The number of nitrogens with zero attached hydrogens (tertiary/aromatic N) is 2. The van der Waals surface area contributed by atoms with Crippen LogP contribution >= 0.6 is 11.6 Å². The van der Waals surface area contributed by atoms with Crippen LogP contribution in [0.2, 0.25) is 5.15 Å². The summed E-state index contributed by atoms with van der Waals surface area (Å²) in [7, 11) is 0. The van der Waals surface area contributed by atoms with Crippen molar-refractivity contribution >= 4 is 23.2 Å². The average molecular weight is 463 g/mol. The Morgan fingerprint density at radius 2 is 1.90 bits per heavy atom.